The number of nitrogens with zero attached hydrogens (tertiary/aromatic N) is 12. The summed E-state index contributed by atoms with van der Waals surface area (Å²) in [5.41, 5.74) is 0. The molecule has 0 amide bonds. The average molecular weight is 516 g/mol. The molecule has 0 atom stereocenters. The molecule has 0 spiro atoms. The van der Waals surface area contributed by atoms with Gasteiger partial charge in [-0.25, -0.2) is 0 Å². The Labute approximate surface area is 289 Å². The van der Waals surface area contributed by atoms with Crippen molar-refractivity contribution in [3.05, 3.63) is 78.9 Å². The van der Waals surface area contributed by atoms with E-state index in [4.69, 9.17) is 142 Å². The van der Waals surface area contributed by atoms with E-state index in [9.17, 15) is 0 Å². The van der Waals surface area contributed by atoms with Crippen molar-refractivity contribution in [1.82, 2.24) is 0 Å². The third kappa shape index (κ3) is 15500. The van der Waals surface area contributed by atoms with Crippen LogP contribution in [0.25, 0.3) is 0 Å². The van der Waals surface area contributed by atoms with Gasteiger partial charge in [-0.2, -0.15) is 0 Å². The Kier molecular flexibility index (Phi) is 109000. The summed E-state index contributed by atoms with van der Waals surface area (Å²) >= 11 is 0. The van der Waals surface area contributed by atoms with Gasteiger partial charge in [0.1, 0.15) is 0 Å². The molecule has 0 aromatic carbocycles. The number of hydrogen-bond acceptors (Lipinski definition) is 12. The van der Waals surface area contributed by atoms with Crippen LogP contribution in [0.3, 0.4) is 0 Å². The molecule has 0 aliphatic carbocycles. The molecule has 0 bridgehead atoms. The summed E-state index contributed by atoms with van der Waals surface area (Å²) in [5.74, 6) is 0. The monoisotopic (exact) mass is 516 g/mol. The van der Waals surface area contributed by atoms with Gasteiger partial charge in [0.2, 0.25) is 0 Å². The van der Waals surface area contributed by atoms with Gasteiger partial charge < -0.3 is 142 Å². The van der Waals surface area contributed by atoms with Crippen molar-refractivity contribution in [2.24, 2.45) is 0 Å². The molecule has 0 aliphatic rings. The Morgan fingerprint density at radius 2 is 0.167 bits per heavy atom. The Morgan fingerprint density at radius 3 is 0.167 bits per heavy atom. The van der Waals surface area contributed by atoms with Gasteiger partial charge in [0.15, 0.2) is 0 Å². The first-order valence-corrected chi connectivity index (χ1v) is 2.68. The minimum Gasteiger partial charge on any atom is -0.512 e. The van der Waals surface area contributed by atoms with Crippen molar-refractivity contribution < 1.29 is 152 Å². The molecule has 128 valence electrons. The second kappa shape index (κ2) is 17300. The molecule has 0 heterocycles. The fourth-order valence-corrected chi connectivity index (χ4v) is 0. The molecule has 0 fully saturated rings. The molecule has 0 saturated heterocycles. The quantitative estimate of drug-likeness (QED) is 0.214. The first kappa shape index (κ1) is 189. The van der Waals surface area contributed by atoms with Crippen LogP contribution in [0.15, 0.2) is 0 Å². The summed E-state index contributed by atoms with van der Waals surface area (Å²) in [4.78, 5) is 0. The second-order valence-electron chi connectivity index (χ2n) is 0. The molecule has 0 unspecified atom stereocenters. The van der Waals surface area contributed by atoms with Crippen LogP contribution in [0.5, 0.6) is 0 Å². The topological polar surface area (TPSA) is 285 Å². The molecular weight excluding hydrogens is 516 g/mol. The van der Waals surface area contributed by atoms with Gasteiger partial charge in [-0.05, 0) is 0 Å². The van der Waals surface area contributed by atoms with Gasteiger partial charge in [-0.3, -0.25) is 0 Å². The van der Waals surface area contributed by atoms with Gasteiger partial charge in [0.25, 0.3) is 0 Å². The minimum atomic E-state index is 0. The largest absolute Gasteiger partial charge is 4.00 e. The van der Waals surface area contributed by atoms with E-state index >= 15 is 0 Å². The van der Waals surface area contributed by atoms with Crippen LogP contribution in [0.1, 0.15) is 0 Å². The maximum atomic E-state index is 6.25. The molecule has 0 radical (unpaired) electrons. The van der Waals surface area contributed by atoms with E-state index in [1.165, 1.54) is 0 Å². The third-order valence-corrected chi connectivity index (χ3v) is 0. The van der Waals surface area contributed by atoms with Crippen LogP contribution in [-0.4, -0.2) is 0 Å². The first-order chi connectivity index (χ1) is 12.0. The van der Waals surface area contributed by atoms with Gasteiger partial charge in [0, 0.05) is 0 Å². The molecule has 18 heteroatoms. The van der Waals surface area contributed by atoms with E-state index in [1.807, 2.05) is 0 Å². The van der Waals surface area contributed by atoms with Gasteiger partial charge in [-0.1, -0.05) is 0 Å². The van der Waals surface area contributed by atoms with Crippen LogP contribution in [0.2, 0.25) is 0 Å². The van der Waals surface area contributed by atoms with E-state index in [0.29, 0.717) is 0 Å². The zero-order chi connectivity index (χ0) is 24.0. The number of rotatable bonds is 0. The summed E-state index contributed by atoms with van der Waals surface area (Å²) < 4.78 is 0. The zero-order valence-corrected chi connectivity index (χ0v) is 26.3. The molecule has 0 aliphatic heterocycles. The molecular formula is C12Fe2N12Na4. The van der Waals surface area contributed by atoms with Crippen LogP contribution in [0.4, 0.5) is 0 Å². The second-order valence-corrected chi connectivity index (χ2v) is 0. The predicted molar refractivity (Wildman–Crippen MR) is 59.6 cm³/mol. The van der Waals surface area contributed by atoms with Crippen LogP contribution in [-0.2, 0) is 34.1 Å². The molecule has 0 aromatic heterocycles. The van der Waals surface area contributed by atoms with Crippen LogP contribution in [0, 0.1) is 142 Å². The van der Waals surface area contributed by atoms with Crippen molar-refractivity contribution in [1.29, 1.82) is 63.1 Å². The maximum absolute atomic E-state index is 6.25. The maximum Gasteiger partial charge on any atom is 4.00 e. The molecule has 12 nitrogen and oxygen atoms in total. The van der Waals surface area contributed by atoms with Gasteiger partial charge in [-0.15, -0.1) is 0 Å². The molecule has 0 aromatic rings. The summed E-state index contributed by atoms with van der Waals surface area (Å²) in [7, 11) is 0. The summed E-state index contributed by atoms with van der Waals surface area (Å²) in [6.45, 7) is 57.0. The Bertz CT molecular complexity index is 237. The van der Waals surface area contributed by atoms with Crippen molar-refractivity contribution in [2.75, 3.05) is 0 Å². The Morgan fingerprint density at radius 1 is 0.167 bits per heavy atom. The van der Waals surface area contributed by atoms with Gasteiger partial charge in [0.05, 0.1) is 0 Å². The molecule has 30 heavy (non-hydrogen) atoms. The summed E-state index contributed by atoms with van der Waals surface area (Å²) in [5, 5.41) is 75.0. The van der Waals surface area contributed by atoms with E-state index < -0.39 is 0 Å². The van der Waals surface area contributed by atoms with Crippen molar-refractivity contribution in [3.8, 4) is 0 Å². The Hall–Kier alpha value is -1.08. The van der Waals surface area contributed by atoms with Crippen molar-refractivity contribution in [2.45, 2.75) is 0 Å². The minimum absolute atomic E-state index is 0. The molecule has 0 N–H and O–H groups in total. The fraction of sp³-hybridized carbons (Fsp3) is 0. The predicted octanol–water partition coefficient (Wildman–Crippen LogP) is -10.8. The Balaban J connectivity index is -0.00000000321. The zero-order valence-electron chi connectivity index (χ0n) is 16.1. The summed E-state index contributed by atoms with van der Waals surface area (Å²) in [6.07, 6.45) is 0. The van der Waals surface area contributed by atoms with E-state index in [1.54, 1.807) is 0 Å². The van der Waals surface area contributed by atoms with Crippen LogP contribution < -0.4 is 118 Å². The normalized spacial score (nSPS) is 0.800. The molecule has 0 rings (SSSR count). The van der Waals surface area contributed by atoms with Crippen LogP contribution >= 0.6 is 0 Å². The van der Waals surface area contributed by atoms with E-state index in [2.05, 4.69) is 0 Å². The van der Waals surface area contributed by atoms with Crippen molar-refractivity contribution in [3.63, 3.8) is 0 Å². The summed E-state index contributed by atoms with van der Waals surface area (Å²) in [6, 6.07) is 0. The van der Waals surface area contributed by atoms with Crippen molar-refractivity contribution >= 4 is 0 Å². The average Bonchev–Trinajstić information content (AvgIpc) is 2.84. The van der Waals surface area contributed by atoms with Gasteiger partial charge >= 0.3 is 152 Å². The van der Waals surface area contributed by atoms with E-state index in [0.717, 1.165) is 0 Å². The smallest absolute Gasteiger partial charge is 0.512 e. The standard InChI is InChI=1S/12CN.2Fe.4Na/c12*1-2;;;;;;/q12*-1;2*+4;4*+1. The SMILES string of the molecule is [C-]#N.[C-]#N.[C-]#N.[C-]#N.[C-]#N.[C-]#N.[C-]#N.[C-]#N.[C-]#N.[C-]#N.[C-]#N.[C-]#N.[Fe+4].[Fe+4].[Na+].[Na+].[Na+].[Na+]. The third-order valence-electron chi connectivity index (χ3n) is 0. The van der Waals surface area contributed by atoms with E-state index in [-0.39, 0.29) is 152 Å². The molecule has 0 saturated carbocycles. The number of hydrogen-bond donors (Lipinski definition) is 0. The fourth-order valence-electron chi connectivity index (χ4n) is 0. The first-order valence-electron chi connectivity index (χ1n) is 2.68.